The van der Waals surface area contributed by atoms with E-state index in [-0.39, 0.29) is 0 Å². The maximum Gasteiger partial charge on any atom is 0.252 e. The minimum atomic E-state index is -3.25. The third-order valence-corrected chi connectivity index (χ3v) is 6.66. The molecule has 6 heteroatoms. The van der Waals surface area contributed by atoms with Crippen LogP contribution in [0.2, 0.25) is 0 Å². The van der Waals surface area contributed by atoms with E-state index in [2.05, 4.69) is 12.2 Å². The first-order chi connectivity index (χ1) is 9.14. The molecule has 0 saturated carbocycles. The van der Waals surface area contributed by atoms with Crippen LogP contribution in [0.15, 0.2) is 15.7 Å². The first-order valence-electron chi connectivity index (χ1n) is 6.93. The molecular weight excluding hydrogens is 280 g/mol. The molecule has 0 amide bonds. The van der Waals surface area contributed by atoms with Gasteiger partial charge in [-0.3, -0.25) is 0 Å². The zero-order valence-corrected chi connectivity index (χ0v) is 13.0. The summed E-state index contributed by atoms with van der Waals surface area (Å²) in [6.45, 7) is 5.17. The third-order valence-electron chi connectivity index (χ3n) is 3.29. The van der Waals surface area contributed by atoms with Crippen molar-refractivity contribution in [1.82, 2.24) is 9.62 Å². The Balaban J connectivity index is 2.03. The fourth-order valence-electron chi connectivity index (χ4n) is 2.22. The predicted octanol–water partition coefficient (Wildman–Crippen LogP) is 2.42. The molecule has 0 bridgehead atoms. The van der Waals surface area contributed by atoms with Crippen LogP contribution < -0.4 is 5.32 Å². The lowest BCUT2D eigenvalue weighted by molar-refractivity contribution is 0.347. The van der Waals surface area contributed by atoms with Gasteiger partial charge in [0.05, 0.1) is 0 Å². The molecule has 0 spiro atoms. The van der Waals surface area contributed by atoms with Gasteiger partial charge in [0.25, 0.3) is 10.0 Å². The smallest absolute Gasteiger partial charge is 0.252 e. The zero-order valence-electron chi connectivity index (χ0n) is 11.4. The molecule has 108 valence electrons. The molecule has 1 aromatic rings. The third kappa shape index (κ3) is 3.78. The van der Waals surface area contributed by atoms with Crippen molar-refractivity contribution in [2.45, 2.75) is 43.4 Å². The van der Waals surface area contributed by atoms with Gasteiger partial charge < -0.3 is 5.32 Å². The number of rotatable bonds is 6. The number of piperidine rings is 1. The molecule has 0 unspecified atom stereocenters. The minimum absolute atomic E-state index is 0.489. The molecule has 1 aliphatic rings. The summed E-state index contributed by atoms with van der Waals surface area (Å²) in [6, 6.07) is 1.82. The Morgan fingerprint density at radius 2 is 2.05 bits per heavy atom. The molecule has 1 aliphatic heterocycles. The standard InChI is InChI=1S/C13H22N2O2S2/c1-2-6-14-10-12-9-13(18-11-12)19(16,17)15-7-4-3-5-8-15/h9,11,14H,2-8,10H2,1H3. The Bertz CT molecular complexity index is 490. The van der Waals surface area contributed by atoms with Gasteiger partial charge in [-0.2, -0.15) is 4.31 Å². The maximum absolute atomic E-state index is 12.4. The van der Waals surface area contributed by atoms with Gasteiger partial charge in [0, 0.05) is 19.6 Å². The first-order valence-corrected chi connectivity index (χ1v) is 9.25. The van der Waals surface area contributed by atoms with Crippen molar-refractivity contribution in [3.05, 3.63) is 17.0 Å². The summed E-state index contributed by atoms with van der Waals surface area (Å²) in [6.07, 6.45) is 4.19. The highest BCUT2D eigenvalue weighted by molar-refractivity contribution is 7.91. The quantitative estimate of drug-likeness (QED) is 0.821. The molecule has 4 nitrogen and oxygen atoms in total. The SMILES string of the molecule is CCCNCc1csc(S(=O)(=O)N2CCCCC2)c1. The van der Waals surface area contributed by atoms with Crippen molar-refractivity contribution in [3.63, 3.8) is 0 Å². The van der Waals surface area contributed by atoms with Gasteiger partial charge in [-0.15, -0.1) is 11.3 Å². The van der Waals surface area contributed by atoms with Gasteiger partial charge >= 0.3 is 0 Å². The zero-order chi connectivity index (χ0) is 13.7. The van der Waals surface area contributed by atoms with Crippen molar-refractivity contribution in [3.8, 4) is 0 Å². The Labute approximate surface area is 119 Å². The van der Waals surface area contributed by atoms with Crippen LogP contribution in [0.3, 0.4) is 0 Å². The van der Waals surface area contributed by atoms with Gasteiger partial charge in [0.2, 0.25) is 0 Å². The van der Waals surface area contributed by atoms with Crippen LogP contribution in [-0.2, 0) is 16.6 Å². The number of hydrogen-bond acceptors (Lipinski definition) is 4. The van der Waals surface area contributed by atoms with Crippen molar-refractivity contribution < 1.29 is 8.42 Å². The van der Waals surface area contributed by atoms with E-state index in [1.54, 1.807) is 4.31 Å². The Morgan fingerprint density at radius 3 is 2.74 bits per heavy atom. The molecule has 1 fully saturated rings. The summed E-state index contributed by atoms with van der Waals surface area (Å²) >= 11 is 1.34. The van der Waals surface area contributed by atoms with Crippen molar-refractivity contribution in [2.75, 3.05) is 19.6 Å². The maximum atomic E-state index is 12.4. The minimum Gasteiger partial charge on any atom is -0.313 e. The number of hydrogen-bond donors (Lipinski definition) is 1. The Kier molecular flexibility index (Phi) is 5.38. The highest BCUT2D eigenvalue weighted by Gasteiger charge is 2.27. The lowest BCUT2D eigenvalue weighted by Crippen LogP contribution is -2.35. The van der Waals surface area contributed by atoms with E-state index in [1.807, 2.05) is 11.4 Å². The van der Waals surface area contributed by atoms with Crippen LogP contribution in [0.4, 0.5) is 0 Å². The average Bonchev–Trinajstić information content (AvgIpc) is 2.90. The van der Waals surface area contributed by atoms with E-state index >= 15 is 0 Å². The van der Waals surface area contributed by atoms with E-state index in [1.165, 1.54) is 11.3 Å². The molecule has 19 heavy (non-hydrogen) atoms. The number of thiophene rings is 1. The summed E-state index contributed by atoms with van der Waals surface area (Å²) in [5.41, 5.74) is 1.06. The molecule has 2 rings (SSSR count). The molecule has 1 saturated heterocycles. The van der Waals surface area contributed by atoms with E-state index in [0.717, 1.165) is 44.3 Å². The molecule has 0 aliphatic carbocycles. The molecule has 0 aromatic carbocycles. The van der Waals surface area contributed by atoms with Crippen LogP contribution in [0.1, 0.15) is 38.2 Å². The van der Waals surface area contributed by atoms with Gasteiger partial charge in [-0.05, 0) is 42.8 Å². The van der Waals surface area contributed by atoms with E-state index in [9.17, 15) is 8.42 Å². The monoisotopic (exact) mass is 302 g/mol. The summed E-state index contributed by atoms with van der Waals surface area (Å²) in [5, 5.41) is 5.24. The lowest BCUT2D eigenvalue weighted by Gasteiger charge is -2.25. The first kappa shape index (κ1) is 15.0. The summed E-state index contributed by atoms with van der Waals surface area (Å²) in [4.78, 5) is 0. The molecule has 2 heterocycles. The fraction of sp³-hybridized carbons (Fsp3) is 0.692. The highest BCUT2D eigenvalue weighted by atomic mass is 32.2. The van der Waals surface area contributed by atoms with E-state index in [4.69, 9.17) is 0 Å². The van der Waals surface area contributed by atoms with Gasteiger partial charge in [-0.25, -0.2) is 8.42 Å². The summed E-state index contributed by atoms with van der Waals surface area (Å²) < 4.78 is 27.0. The van der Waals surface area contributed by atoms with Gasteiger partial charge in [-0.1, -0.05) is 13.3 Å². The van der Waals surface area contributed by atoms with Crippen molar-refractivity contribution >= 4 is 21.4 Å². The molecule has 1 N–H and O–H groups in total. The predicted molar refractivity (Wildman–Crippen MR) is 78.9 cm³/mol. The number of sulfonamides is 1. The summed E-state index contributed by atoms with van der Waals surface area (Å²) in [5.74, 6) is 0. The number of nitrogens with one attached hydrogen (secondary N) is 1. The Morgan fingerprint density at radius 1 is 1.32 bits per heavy atom. The van der Waals surface area contributed by atoms with Gasteiger partial charge in [0.15, 0.2) is 0 Å². The van der Waals surface area contributed by atoms with E-state index in [0.29, 0.717) is 17.3 Å². The van der Waals surface area contributed by atoms with Crippen LogP contribution >= 0.6 is 11.3 Å². The van der Waals surface area contributed by atoms with Crippen LogP contribution in [0.25, 0.3) is 0 Å². The average molecular weight is 302 g/mol. The highest BCUT2D eigenvalue weighted by Crippen LogP contribution is 2.26. The normalized spacial score (nSPS) is 17.7. The molecule has 0 atom stereocenters. The fourth-order valence-corrected chi connectivity index (χ4v) is 5.10. The van der Waals surface area contributed by atoms with Crippen molar-refractivity contribution in [1.29, 1.82) is 0 Å². The lowest BCUT2D eigenvalue weighted by atomic mass is 10.2. The van der Waals surface area contributed by atoms with E-state index < -0.39 is 10.0 Å². The van der Waals surface area contributed by atoms with Crippen LogP contribution in [0.5, 0.6) is 0 Å². The Hall–Kier alpha value is -0.430. The molecular formula is C13H22N2O2S2. The second kappa shape index (κ2) is 6.83. The largest absolute Gasteiger partial charge is 0.313 e. The second-order valence-electron chi connectivity index (χ2n) is 4.92. The van der Waals surface area contributed by atoms with Crippen molar-refractivity contribution in [2.24, 2.45) is 0 Å². The topological polar surface area (TPSA) is 49.4 Å². The molecule has 0 radical (unpaired) electrons. The number of nitrogens with zero attached hydrogens (tertiary/aromatic N) is 1. The molecule has 1 aromatic heterocycles. The summed E-state index contributed by atoms with van der Waals surface area (Å²) in [7, 11) is -3.25. The van der Waals surface area contributed by atoms with Crippen LogP contribution in [0, 0.1) is 0 Å². The van der Waals surface area contributed by atoms with Crippen LogP contribution in [-0.4, -0.2) is 32.4 Å². The second-order valence-corrected chi connectivity index (χ2v) is 7.99. The van der Waals surface area contributed by atoms with Gasteiger partial charge in [0.1, 0.15) is 4.21 Å².